The largest absolute Gasteiger partial charge is 0.243 e. The van der Waals surface area contributed by atoms with Crippen molar-refractivity contribution in [1.29, 1.82) is 0 Å². The Balaban J connectivity index is 1.83. The van der Waals surface area contributed by atoms with Gasteiger partial charge in [-0.15, -0.1) is 0 Å². The molecule has 1 aromatic rings. The van der Waals surface area contributed by atoms with Crippen LogP contribution < -0.4 is 4.57 Å². The molecule has 2 nitrogen and oxygen atoms in total. The molecule has 2 heteroatoms. The Bertz CT molecular complexity index is 507. The Kier molecular flexibility index (Phi) is 23.3. The summed E-state index contributed by atoms with van der Waals surface area (Å²) in [6.45, 7) is 7.00. The minimum absolute atomic E-state index is 1.20. The van der Waals surface area contributed by atoms with E-state index in [0.717, 1.165) is 0 Å². The van der Waals surface area contributed by atoms with Crippen LogP contribution in [-0.4, -0.2) is 4.57 Å². The fourth-order valence-corrected chi connectivity index (χ4v) is 5.15. The highest BCUT2D eigenvalue weighted by Crippen LogP contribution is 2.13. The first-order valence-corrected chi connectivity index (χ1v) is 15.9. The van der Waals surface area contributed by atoms with Gasteiger partial charge in [0.2, 0.25) is 6.33 Å². The molecule has 0 N–H and O–H groups in total. The van der Waals surface area contributed by atoms with Gasteiger partial charge >= 0.3 is 0 Å². The third-order valence-corrected chi connectivity index (χ3v) is 7.54. The fourth-order valence-electron chi connectivity index (χ4n) is 5.15. The molecule has 0 saturated heterocycles. The lowest BCUT2D eigenvalue weighted by molar-refractivity contribution is -0.696. The van der Waals surface area contributed by atoms with Crippen LogP contribution in [-0.2, 0) is 13.1 Å². The molecule has 1 aromatic heterocycles. The topological polar surface area (TPSA) is 8.81 Å². The molecular formula is C32H63N2+. The second-order valence-electron chi connectivity index (χ2n) is 11.0. The number of aromatic nitrogens is 2. The van der Waals surface area contributed by atoms with Crippen LogP contribution in [0.1, 0.15) is 174 Å². The minimum Gasteiger partial charge on any atom is -0.237 e. The van der Waals surface area contributed by atoms with Crippen molar-refractivity contribution < 1.29 is 4.57 Å². The Labute approximate surface area is 215 Å². The average molecular weight is 476 g/mol. The number of hydrogen-bond acceptors (Lipinski definition) is 0. The maximum atomic E-state index is 2.40. The third kappa shape index (κ3) is 20.6. The van der Waals surface area contributed by atoms with Crippen LogP contribution in [0.25, 0.3) is 0 Å². The molecule has 0 amide bonds. The van der Waals surface area contributed by atoms with E-state index in [4.69, 9.17) is 0 Å². The molecule has 0 aliphatic rings. The fraction of sp³-hybridized carbons (Fsp3) is 0.906. The second-order valence-corrected chi connectivity index (χ2v) is 11.0. The van der Waals surface area contributed by atoms with Gasteiger partial charge in [0.05, 0.1) is 13.1 Å². The van der Waals surface area contributed by atoms with E-state index >= 15 is 0 Å². The van der Waals surface area contributed by atoms with E-state index < -0.39 is 0 Å². The van der Waals surface area contributed by atoms with E-state index in [9.17, 15) is 0 Å². The molecular weight excluding hydrogens is 412 g/mol. The van der Waals surface area contributed by atoms with E-state index in [1.54, 1.807) is 0 Å². The number of nitrogens with zero attached hydrogens (tertiary/aromatic N) is 2. The van der Waals surface area contributed by atoms with Crippen LogP contribution >= 0.6 is 0 Å². The summed E-state index contributed by atoms with van der Waals surface area (Å²) in [5, 5.41) is 0. The summed E-state index contributed by atoms with van der Waals surface area (Å²) in [6.07, 6.45) is 42.7. The van der Waals surface area contributed by atoms with Crippen LogP contribution in [0.2, 0.25) is 0 Å². The molecule has 0 radical (unpaired) electrons. The molecule has 0 aliphatic carbocycles. The Morgan fingerprint density at radius 3 is 1.21 bits per heavy atom. The molecule has 0 saturated carbocycles. The lowest BCUT2D eigenvalue weighted by atomic mass is 10.0. The predicted octanol–water partition coefficient (Wildman–Crippen LogP) is 10.6. The molecule has 0 unspecified atom stereocenters. The van der Waals surface area contributed by atoms with E-state index in [1.165, 1.54) is 174 Å². The van der Waals surface area contributed by atoms with E-state index in [0.29, 0.717) is 0 Å². The standard InChI is InChI=1S/C32H63N2/c1-3-5-7-9-11-13-15-17-19-21-23-25-27-29-34-31-30-33(32-34)28-26-24-22-20-18-16-14-12-10-8-6-4-2/h30-32H,3-29H2,1-2H3/q+1. The van der Waals surface area contributed by atoms with Crippen LogP contribution in [0.5, 0.6) is 0 Å². The number of aryl methyl sites for hydroxylation is 2. The molecule has 0 aromatic carbocycles. The quantitative estimate of drug-likeness (QED) is 0.0883. The first-order chi connectivity index (χ1) is 16.9. The molecule has 0 atom stereocenters. The predicted molar refractivity (Wildman–Crippen MR) is 151 cm³/mol. The molecule has 0 aliphatic heterocycles. The zero-order valence-corrected chi connectivity index (χ0v) is 23.7. The summed E-state index contributed by atoms with van der Waals surface area (Å²) in [4.78, 5) is 0. The Hall–Kier alpha value is -0.790. The van der Waals surface area contributed by atoms with Gasteiger partial charge in [-0.2, -0.15) is 0 Å². The highest BCUT2D eigenvalue weighted by Gasteiger charge is 2.03. The zero-order valence-electron chi connectivity index (χ0n) is 23.7. The maximum absolute atomic E-state index is 2.40. The minimum atomic E-state index is 1.20. The van der Waals surface area contributed by atoms with Crippen molar-refractivity contribution in [3.63, 3.8) is 0 Å². The summed E-state index contributed by atoms with van der Waals surface area (Å²) >= 11 is 0. The summed E-state index contributed by atoms with van der Waals surface area (Å²) in [7, 11) is 0. The van der Waals surface area contributed by atoms with Crippen molar-refractivity contribution in [2.45, 2.75) is 187 Å². The van der Waals surface area contributed by atoms with E-state index in [-0.39, 0.29) is 0 Å². The maximum Gasteiger partial charge on any atom is 0.243 e. The van der Waals surface area contributed by atoms with Gasteiger partial charge in [-0.1, -0.05) is 149 Å². The molecule has 0 bridgehead atoms. The van der Waals surface area contributed by atoms with Crippen LogP contribution in [0.4, 0.5) is 0 Å². The van der Waals surface area contributed by atoms with Gasteiger partial charge < -0.3 is 0 Å². The Morgan fingerprint density at radius 2 is 0.794 bits per heavy atom. The molecule has 34 heavy (non-hydrogen) atoms. The highest BCUT2D eigenvalue weighted by molar-refractivity contribution is 4.66. The molecule has 1 rings (SSSR count). The van der Waals surface area contributed by atoms with Crippen LogP contribution in [0.3, 0.4) is 0 Å². The molecule has 1 heterocycles. The number of rotatable bonds is 27. The summed E-state index contributed by atoms with van der Waals surface area (Å²) < 4.78 is 4.80. The van der Waals surface area contributed by atoms with Crippen molar-refractivity contribution in [1.82, 2.24) is 4.57 Å². The highest BCUT2D eigenvalue weighted by atomic mass is 15.1. The first kappa shape index (κ1) is 31.2. The normalized spacial score (nSPS) is 11.5. The zero-order chi connectivity index (χ0) is 24.4. The SMILES string of the molecule is CCCCCCCCCCCCCCCn1cc[n+](CCCCCCCCCCCCCC)c1. The van der Waals surface area contributed by atoms with Crippen molar-refractivity contribution in [3.05, 3.63) is 18.7 Å². The third-order valence-electron chi connectivity index (χ3n) is 7.54. The van der Waals surface area contributed by atoms with Gasteiger partial charge in [-0.25, -0.2) is 9.13 Å². The van der Waals surface area contributed by atoms with Gasteiger partial charge in [0.1, 0.15) is 12.4 Å². The number of imidazole rings is 1. The molecule has 200 valence electrons. The van der Waals surface area contributed by atoms with E-state index in [1.807, 2.05) is 0 Å². The number of hydrogen-bond donors (Lipinski definition) is 0. The van der Waals surface area contributed by atoms with Crippen molar-refractivity contribution >= 4 is 0 Å². The molecule has 0 fully saturated rings. The molecule has 0 spiro atoms. The summed E-state index contributed by atoms with van der Waals surface area (Å²) in [5.74, 6) is 0. The van der Waals surface area contributed by atoms with Gasteiger partial charge in [0.25, 0.3) is 0 Å². The monoisotopic (exact) mass is 475 g/mol. The van der Waals surface area contributed by atoms with E-state index in [2.05, 4.69) is 41.7 Å². The lowest BCUT2D eigenvalue weighted by Gasteiger charge is -2.03. The smallest absolute Gasteiger partial charge is 0.237 e. The van der Waals surface area contributed by atoms with Crippen molar-refractivity contribution in [3.8, 4) is 0 Å². The second kappa shape index (κ2) is 25.3. The van der Waals surface area contributed by atoms with Gasteiger partial charge in [-0.3, -0.25) is 0 Å². The van der Waals surface area contributed by atoms with Crippen molar-refractivity contribution in [2.24, 2.45) is 0 Å². The van der Waals surface area contributed by atoms with Crippen LogP contribution in [0, 0.1) is 0 Å². The van der Waals surface area contributed by atoms with Crippen molar-refractivity contribution in [2.75, 3.05) is 0 Å². The lowest BCUT2D eigenvalue weighted by Crippen LogP contribution is -2.30. The van der Waals surface area contributed by atoms with Crippen LogP contribution in [0.15, 0.2) is 18.7 Å². The first-order valence-electron chi connectivity index (χ1n) is 15.9. The van der Waals surface area contributed by atoms with Gasteiger partial charge in [0, 0.05) is 0 Å². The summed E-state index contributed by atoms with van der Waals surface area (Å²) in [6, 6.07) is 0. The van der Waals surface area contributed by atoms with Gasteiger partial charge in [0.15, 0.2) is 0 Å². The average Bonchev–Trinajstić information content (AvgIpc) is 3.30. The Morgan fingerprint density at radius 1 is 0.441 bits per heavy atom. The number of unbranched alkanes of at least 4 members (excludes halogenated alkanes) is 23. The summed E-state index contributed by atoms with van der Waals surface area (Å²) in [5.41, 5.74) is 0. The van der Waals surface area contributed by atoms with Gasteiger partial charge in [-0.05, 0) is 25.7 Å².